The minimum Gasteiger partial charge on any atom is -0.497 e. The number of methoxy groups -OCH3 is 1. The van der Waals surface area contributed by atoms with Gasteiger partial charge < -0.3 is 14.8 Å². The summed E-state index contributed by atoms with van der Waals surface area (Å²) in [5.41, 5.74) is 3.79. The van der Waals surface area contributed by atoms with E-state index < -0.39 is 12.0 Å². The first-order valence-electron chi connectivity index (χ1n) is 12.5. The van der Waals surface area contributed by atoms with Crippen LogP contribution >= 0.6 is 27.7 Å². The fraction of sp³-hybridized carbons (Fsp3) is 0.233. The van der Waals surface area contributed by atoms with Crippen LogP contribution in [0, 0.1) is 0 Å². The second-order valence-electron chi connectivity index (χ2n) is 9.30. The van der Waals surface area contributed by atoms with Crippen molar-refractivity contribution in [3.8, 4) is 5.75 Å². The third kappa shape index (κ3) is 6.20. The predicted molar refractivity (Wildman–Crippen MR) is 153 cm³/mol. The summed E-state index contributed by atoms with van der Waals surface area (Å²) in [5.74, 6) is 0.169. The van der Waals surface area contributed by atoms with E-state index in [1.807, 2.05) is 66.7 Å². The van der Waals surface area contributed by atoms with Crippen molar-refractivity contribution in [2.45, 2.75) is 30.9 Å². The highest BCUT2D eigenvalue weighted by Gasteiger charge is 2.54. The number of thioether (sulfide) groups is 1. The van der Waals surface area contributed by atoms with Gasteiger partial charge in [0.15, 0.2) is 0 Å². The van der Waals surface area contributed by atoms with Crippen molar-refractivity contribution in [2.75, 3.05) is 12.9 Å². The van der Waals surface area contributed by atoms with Crippen LogP contribution in [0.15, 0.2) is 94.6 Å². The van der Waals surface area contributed by atoms with E-state index in [0.29, 0.717) is 17.9 Å². The first kappa shape index (κ1) is 27.0. The van der Waals surface area contributed by atoms with Gasteiger partial charge in [-0.2, -0.15) is 0 Å². The van der Waals surface area contributed by atoms with Crippen molar-refractivity contribution < 1.29 is 23.9 Å². The van der Waals surface area contributed by atoms with E-state index in [-0.39, 0.29) is 35.9 Å². The molecule has 2 aliphatic heterocycles. The Labute approximate surface area is 239 Å². The lowest BCUT2D eigenvalue weighted by Crippen LogP contribution is -2.70. The van der Waals surface area contributed by atoms with E-state index >= 15 is 0 Å². The second-order valence-corrected chi connectivity index (χ2v) is 11.3. The fourth-order valence-electron chi connectivity index (χ4n) is 4.60. The Morgan fingerprint density at radius 3 is 2.36 bits per heavy atom. The highest BCUT2D eigenvalue weighted by Crippen LogP contribution is 2.41. The molecule has 7 nitrogen and oxygen atoms in total. The molecule has 9 heteroatoms. The number of halogens is 1. The van der Waals surface area contributed by atoms with E-state index in [9.17, 15) is 14.4 Å². The molecule has 5 rings (SSSR count). The molecule has 0 bridgehead atoms. The molecule has 0 spiro atoms. The van der Waals surface area contributed by atoms with Gasteiger partial charge in [0.25, 0.3) is 5.91 Å². The van der Waals surface area contributed by atoms with E-state index in [0.717, 1.165) is 26.7 Å². The van der Waals surface area contributed by atoms with Crippen molar-refractivity contribution in [2.24, 2.45) is 0 Å². The number of nitrogens with zero attached hydrogens (tertiary/aromatic N) is 1. The maximum Gasteiger partial charge on any atom is 0.355 e. The molecule has 2 atom stereocenters. The summed E-state index contributed by atoms with van der Waals surface area (Å²) in [6.07, 6.45) is 0.693. The fourth-order valence-corrected chi connectivity index (χ4v) is 6.21. The van der Waals surface area contributed by atoms with E-state index in [2.05, 4.69) is 21.2 Å². The molecule has 200 valence electrons. The largest absolute Gasteiger partial charge is 0.497 e. The van der Waals surface area contributed by atoms with E-state index in [1.165, 1.54) is 4.90 Å². The van der Waals surface area contributed by atoms with Crippen LogP contribution in [0.1, 0.15) is 16.7 Å². The van der Waals surface area contributed by atoms with Gasteiger partial charge in [-0.1, -0.05) is 70.5 Å². The first-order valence-corrected chi connectivity index (χ1v) is 14.3. The molecule has 2 amide bonds. The summed E-state index contributed by atoms with van der Waals surface area (Å²) in [7, 11) is 1.59. The SMILES string of the molecule is COc1ccc(COC(=O)C2=C(Cc3ccc(Br)cc3)CS[C@@H]3[C@H](NC(=O)Cc4ccccc4)C(=O)N23)cc1. The lowest BCUT2D eigenvalue weighted by molar-refractivity contribution is -0.153. The van der Waals surface area contributed by atoms with Gasteiger partial charge >= 0.3 is 5.97 Å². The molecule has 1 saturated heterocycles. The Bertz CT molecular complexity index is 1390. The molecule has 3 aromatic rings. The van der Waals surface area contributed by atoms with Gasteiger partial charge in [-0.15, -0.1) is 11.8 Å². The van der Waals surface area contributed by atoms with Crippen LogP contribution in [-0.2, 0) is 38.6 Å². The van der Waals surface area contributed by atoms with Gasteiger partial charge in [-0.25, -0.2) is 4.79 Å². The van der Waals surface area contributed by atoms with Gasteiger partial charge in [-0.05, 0) is 52.9 Å². The molecule has 2 heterocycles. The highest BCUT2D eigenvalue weighted by atomic mass is 79.9. The maximum absolute atomic E-state index is 13.5. The summed E-state index contributed by atoms with van der Waals surface area (Å²) in [6, 6.07) is 23.8. The number of ether oxygens (including phenoxy) is 2. The normalized spacial score (nSPS) is 18.2. The van der Waals surface area contributed by atoms with Crippen LogP contribution in [0.3, 0.4) is 0 Å². The van der Waals surface area contributed by atoms with Gasteiger partial charge in [0.2, 0.25) is 5.91 Å². The van der Waals surface area contributed by atoms with Crippen LogP contribution in [0.4, 0.5) is 0 Å². The number of fused-ring (bicyclic) bond motifs is 1. The Balaban J connectivity index is 1.33. The molecule has 0 aromatic heterocycles. The highest BCUT2D eigenvalue weighted by molar-refractivity contribution is 9.10. The number of esters is 1. The number of amides is 2. The van der Waals surface area contributed by atoms with Crippen molar-refractivity contribution in [1.82, 2.24) is 10.2 Å². The number of hydrogen-bond donors (Lipinski definition) is 1. The second kappa shape index (κ2) is 12.1. The molecule has 39 heavy (non-hydrogen) atoms. The molecule has 0 saturated carbocycles. The van der Waals surface area contributed by atoms with Crippen molar-refractivity contribution >= 4 is 45.5 Å². The zero-order valence-electron chi connectivity index (χ0n) is 21.3. The van der Waals surface area contributed by atoms with Crippen LogP contribution in [0.2, 0.25) is 0 Å². The minimum atomic E-state index is -0.690. The lowest BCUT2D eigenvalue weighted by atomic mass is 9.98. The number of β-lactam (4-membered cyclic amide) rings is 1. The number of nitrogens with one attached hydrogen (secondary N) is 1. The third-order valence-corrected chi connectivity index (χ3v) is 8.49. The summed E-state index contributed by atoms with van der Waals surface area (Å²) >= 11 is 5.00. The molecule has 1 N–H and O–H groups in total. The lowest BCUT2D eigenvalue weighted by Gasteiger charge is -2.49. The molecule has 0 radical (unpaired) electrons. The molecule has 1 fully saturated rings. The number of benzene rings is 3. The van der Waals surface area contributed by atoms with E-state index in [4.69, 9.17) is 9.47 Å². The van der Waals surface area contributed by atoms with Gasteiger partial charge in [0.1, 0.15) is 29.5 Å². The zero-order valence-corrected chi connectivity index (χ0v) is 23.7. The maximum atomic E-state index is 13.5. The molecule has 0 aliphatic carbocycles. The molecule has 0 unspecified atom stereocenters. The topological polar surface area (TPSA) is 84.9 Å². The Hall–Kier alpha value is -3.56. The number of rotatable bonds is 9. The summed E-state index contributed by atoms with van der Waals surface area (Å²) in [4.78, 5) is 40.9. The van der Waals surface area contributed by atoms with E-state index in [1.54, 1.807) is 31.0 Å². The van der Waals surface area contributed by atoms with Gasteiger partial charge in [-0.3, -0.25) is 14.5 Å². The molecule has 3 aromatic carbocycles. The first-order chi connectivity index (χ1) is 18.9. The number of carbonyl (C=O) groups excluding carboxylic acids is 3. The van der Waals surface area contributed by atoms with Crippen molar-refractivity contribution in [3.05, 3.63) is 111 Å². The summed E-state index contributed by atoms with van der Waals surface area (Å²) in [5, 5.41) is 2.50. The Kier molecular flexibility index (Phi) is 8.38. The summed E-state index contributed by atoms with van der Waals surface area (Å²) in [6.45, 7) is 0.0645. The van der Waals surface area contributed by atoms with Crippen LogP contribution < -0.4 is 10.1 Å². The number of carbonyl (C=O) groups is 3. The monoisotopic (exact) mass is 606 g/mol. The molecule has 2 aliphatic rings. The Morgan fingerprint density at radius 2 is 1.67 bits per heavy atom. The zero-order chi connectivity index (χ0) is 27.4. The van der Waals surface area contributed by atoms with Gasteiger partial charge in [0, 0.05) is 10.2 Å². The Morgan fingerprint density at radius 1 is 0.974 bits per heavy atom. The third-order valence-electron chi connectivity index (χ3n) is 6.62. The summed E-state index contributed by atoms with van der Waals surface area (Å²) < 4.78 is 11.8. The standard InChI is InChI=1S/C30H27BrN2O5S/c1-37-24-13-9-21(10-14-24)17-38-30(36)27-22(15-20-7-11-23(31)12-8-20)18-39-29-26(28(35)33(27)29)32-25(34)16-19-5-3-2-4-6-19/h2-14,26,29H,15-18H2,1H3,(H,32,34)/t26-,29-/m1/s1. The van der Waals surface area contributed by atoms with Crippen molar-refractivity contribution in [3.63, 3.8) is 0 Å². The van der Waals surface area contributed by atoms with Crippen LogP contribution in [-0.4, -0.2) is 47.0 Å². The van der Waals surface area contributed by atoms with Crippen molar-refractivity contribution in [1.29, 1.82) is 0 Å². The van der Waals surface area contributed by atoms with Gasteiger partial charge in [0.05, 0.1) is 13.5 Å². The van der Waals surface area contributed by atoms with Crippen LogP contribution in [0.25, 0.3) is 0 Å². The number of hydrogen-bond acceptors (Lipinski definition) is 6. The average Bonchev–Trinajstić information content (AvgIpc) is 2.96. The molecular weight excluding hydrogens is 580 g/mol. The smallest absolute Gasteiger partial charge is 0.355 e. The molecular formula is C30H27BrN2O5S. The average molecular weight is 608 g/mol. The predicted octanol–water partition coefficient (Wildman–Crippen LogP) is 4.64. The van der Waals surface area contributed by atoms with Crippen LogP contribution in [0.5, 0.6) is 5.75 Å². The quantitative estimate of drug-likeness (QED) is 0.282. The minimum absolute atomic E-state index is 0.0645.